The molecule has 0 spiro atoms. The molecule has 0 amide bonds. The molecule has 4 aromatic carbocycles. The molecule has 0 atom stereocenters. The first-order valence-electron chi connectivity index (χ1n) is 12.2. The average molecular weight is 509 g/mol. The van der Waals surface area contributed by atoms with E-state index in [2.05, 4.69) is 115 Å². The molecule has 0 saturated heterocycles. The maximum atomic E-state index is 4.42. The van der Waals surface area contributed by atoms with Crippen LogP contribution in [0.2, 0.25) is 0 Å². The van der Waals surface area contributed by atoms with Gasteiger partial charge in [-0.2, -0.15) is 0 Å². The van der Waals surface area contributed by atoms with Crippen LogP contribution in [-0.2, 0) is 5.41 Å². The van der Waals surface area contributed by atoms with Gasteiger partial charge in [0.15, 0.2) is 11.6 Å². The van der Waals surface area contributed by atoms with Gasteiger partial charge >= 0.3 is 0 Å². The fraction of sp³-hybridized carbons (Fsp3) is 0.0323. The lowest BCUT2D eigenvalue weighted by molar-refractivity contribution is 0.703. The van der Waals surface area contributed by atoms with Gasteiger partial charge in [-0.3, -0.25) is 0 Å². The highest BCUT2D eigenvalue weighted by Crippen LogP contribution is 2.56. The minimum absolute atomic E-state index is 0.593. The third-order valence-corrected chi connectivity index (χ3v) is 8.05. The van der Waals surface area contributed by atoms with E-state index >= 15 is 0 Å². The summed E-state index contributed by atoms with van der Waals surface area (Å²) in [7, 11) is 0. The molecule has 0 N–H and O–H groups in total. The lowest BCUT2D eigenvalue weighted by Gasteiger charge is -2.42. The van der Waals surface area contributed by atoms with Gasteiger partial charge in [0, 0.05) is 20.9 Å². The molecule has 6 nitrogen and oxygen atoms in total. The largest absolute Gasteiger partial charge is 0.225 e. The predicted octanol–water partition coefficient (Wildman–Crippen LogP) is 6.24. The number of benzene rings is 4. The number of nitrogens with zero attached hydrogens (tertiary/aromatic N) is 6. The summed E-state index contributed by atoms with van der Waals surface area (Å²) in [6, 6.07) is 34.4. The summed E-state index contributed by atoms with van der Waals surface area (Å²) in [4.78, 5) is 28.1. The van der Waals surface area contributed by atoms with Crippen molar-refractivity contribution in [2.45, 2.75) is 15.2 Å². The molecule has 0 bridgehead atoms. The number of rotatable bonds is 4. The van der Waals surface area contributed by atoms with Crippen LogP contribution in [0.25, 0.3) is 22.8 Å². The monoisotopic (exact) mass is 508 g/mol. The first kappa shape index (κ1) is 22.4. The second kappa shape index (κ2) is 9.28. The van der Waals surface area contributed by atoms with Crippen molar-refractivity contribution in [3.05, 3.63) is 145 Å². The molecule has 0 fully saturated rings. The van der Waals surface area contributed by atoms with Crippen molar-refractivity contribution in [2.75, 3.05) is 0 Å². The van der Waals surface area contributed by atoms with Crippen LogP contribution in [0.4, 0.5) is 0 Å². The van der Waals surface area contributed by atoms with Crippen LogP contribution in [0.15, 0.2) is 132 Å². The van der Waals surface area contributed by atoms with Crippen molar-refractivity contribution < 1.29 is 0 Å². The van der Waals surface area contributed by atoms with Gasteiger partial charge in [-0.1, -0.05) is 84.6 Å². The van der Waals surface area contributed by atoms with E-state index in [1.165, 1.54) is 46.2 Å². The van der Waals surface area contributed by atoms with E-state index in [-0.39, 0.29) is 0 Å². The molecule has 6 aromatic rings. The van der Waals surface area contributed by atoms with Crippen LogP contribution in [0.3, 0.4) is 0 Å². The summed E-state index contributed by atoms with van der Waals surface area (Å²) in [5.41, 5.74) is 5.99. The summed E-state index contributed by atoms with van der Waals surface area (Å²) >= 11 is 1.81. The van der Waals surface area contributed by atoms with Crippen molar-refractivity contribution >= 4 is 11.8 Å². The molecule has 180 valence electrons. The molecule has 0 radical (unpaired) electrons. The average Bonchev–Trinajstić information content (AvgIpc) is 3.01. The Kier molecular flexibility index (Phi) is 5.48. The van der Waals surface area contributed by atoms with E-state index < -0.39 is 5.41 Å². The molecule has 38 heavy (non-hydrogen) atoms. The minimum Gasteiger partial charge on any atom is -0.225 e. The van der Waals surface area contributed by atoms with E-state index in [1.54, 1.807) is 0 Å². The lowest BCUT2D eigenvalue weighted by atomic mass is 9.64. The summed E-state index contributed by atoms with van der Waals surface area (Å²) in [6.45, 7) is 0. The van der Waals surface area contributed by atoms with Crippen LogP contribution in [0.5, 0.6) is 0 Å². The second-order valence-electron chi connectivity index (χ2n) is 8.93. The first-order valence-corrected chi connectivity index (χ1v) is 13.0. The molecular formula is C31H20N6S. The van der Waals surface area contributed by atoms with Crippen LogP contribution in [0, 0.1) is 0 Å². The number of aromatic nitrogens is 6. The molecule has 1 aliphatic heterocycles. The van der Waals surface area contributed by atoms with Crippen molar-refractivity contribution in [3.8, 4) is 22.8 Å². The highest BCUT2D eigenvalue weighted by molar-refractivity contribution is 7.99. The molecule has 0 aliphatic carbocycles. The maximum Gasteiger partial charge on any atom is 0.162 e. The molecule has 2 aromatic heterocycles. The van der Waals surface area contributed by atoms with Crippen LogP contribution >= 0.6 is 11.8 Å². The summed E-state index contributed by atoms with van der Waals surface area (Å²) in [5, 5.41) is 0. The molecule has 3 heterocycles. The Bertz CT molecular complexity index is 1630. The summed E-state index contributed by atoms with van der Waals surface area (Å²) in [5.74, 6) is 1.28. The molecule has 7 heteroatoms. The Morgan fingerprint density at radius 3 is 1.39 bits per heavy atom. The lowest BCUT2D eigenvalue weighted by Crippen LogP contribution is -2.34. The maximum absolute atomic E-state index is 4.42. The first-order chi connectivity index (χ1) is 18.8. The molecule has 1 aliphatic rings. The van der Waals surface area contributed by atoms with Crippen LogP contribution < -0.4 is 0 Å². The van der Waals surface area contributed by atoms with Crippen molar-refractivity contribution in [3.63, 3.8) is 0 Å². The SMILES string of the molecule is c1cc(-c2ncncn2)cc(C2(c3cccc(-c4ncncn4)c3)c3ccccc3Sc3ccccc32)c1. The third kappa shape index (κ3) is 3.59. The Hall–Kier alpha value is -4.75. The fourth-order valence-electron chi connectivity index (χ4n) is 5.34. The molecule has 7 rings (SSSR count). The Labute approximate surface area is 224 Å². The van der Waals surface area contributed by atoms with Gasteiger partial charge in [0.1, 0.15) is 25.3 Å². The van der Waals surface area contributed by atoms with Gasteiger partial charge in [0.05, 0.1) is 5.41 Å². The van der Waals surface area contributed by atoms with Gasteiger partial charge in [-0.25, -0.2) is 29.9 Å². The zero-order valence-corrected chi connectivity index (χ0v) is 21.0. The van der Waals surface area contributed by atoms with Crippen LogP contribution in [-0.4, -0.2) is 29.9 Å². The smallest absolute Gasteiger partial charge is 0.162 e. The highest BCUT2D eigenvalue weighted by atomic mass is 32.2. The zero-order valence-electron chi connectivity index (χ0n) is 20.1. The van der Waals surface area contributed by atoms with E-state index in [4.69, 9.17) is 0 Å². The molecule has 0 unspecified atom stereocenters. The summed E-state index contributed by atoms with van der Waals surface area (Å²) < 4.78 is 0. The minimum atomic E-state index is -0.593. The molecular weight excluding hydrogens is 488 g/mol. The van der Waals surface area contributed by atoms with Gasteiger partial charge < -0.3 is 0 Å². The Morgan fingerprint density at radius 1 is 0.474 bits per heavy atom. The van der Waals surface area contributed by atoms with Crippen molar-refractivity contribution in [1.82, 2.24) is 29.9 Å². The normalized spacial score (nSPS) is 13.4. The third-order valence-electron chi connectivity index (χ3n) is 6.90. The quantitative estimate of drug-likeness (QED) is 0.279. The summed E-state index contributed by atoms with van der Waals surface area (Å²) in [6.07, 6.45) is 6.13. The van der Waals surface area contributed by atoms with E-state index in [0.717, 1.165) is 22.3 Å². The van der Waals surface area contributed by atoms with Crippen molar-refractivity contribution in [2.24, 2.45) is 0 Å². The Balaban J connectivity index is 1.57. The van der Waals surface area contributed by atoms with Crippen molar-refractivity contribution in [1.29, 1.82) is 0 Å². The van der Waals surface area contributed by atoms with E-state index in [1.807, 2.05) is 23.9 Å². The van der Waals surface area contributed by atoms with Gasteiger partial charge in [-0.05, 0) is 46.5 Å². The van der Waals surface area contributed by atoms with Gasteiger partial charge in [-0.15, -0.1) is 0 Å². The highest BCUT2D eigenvalue weighted by Gasteiger charge is 2.44. The number of fused-ring (bicyclic) bond motifs is 2. The fourth-order valence-corrected chi connectivity index (χ4v) is 6.54. The topological polar surface area (TPSA) is 77.3 Å². The standard InChI is InChI=1S/C31H20N6S/c1-3-13-27-25(11-1)31(26-12-2-4-14-28(26)38-27,23-9-5-7-21(15-23)29-34-17-32-18-35-29)24-10-6-8-22(16-24)30-36-19-33-20-37-30/h1-20H. The molecule has 0 saturated carbocycles. The predicted molar refractivity (Wildman–Crippen MR) is 147 cm³/mol. The zero-order chi connectivity index (χ0) is 25.4. The second-order valence-corrected chi connectivity index (χ2v) is 10.0. The van der Waals surface area contributed by atoms with E-state index in [9.17, 15) is 0 Å². The number of hydrogen-bond acceptors (Lipinski definition) is 7. The number of hydrogen-bond donors (Lipinski definition) is 0. The van der Waals surface area contributed by atoms with Gasteiger partial charge in [0.2, 0.25) is 0 Å². The van der Waals surface area contributed by atoms with E-state index in [0.29, 0.717) is 11.6 Å². The van der Waals surface area contributed by atoms with Gasteiger partial charge in [0.25, 0.3) is 0 Å². The van der Waals surface area contributed by atoms with Crippen LogP contribution in [0.1, 0.15) is 22.3 Å². The Morgan fingerprint density at radius 2 is 0.921 bits per heavy atom.